The van der Waals surface area contributed by atoms with Crippen LogP contribution in [0.5, 0.6) is 5.75 Å². The molecule has 0 spiro atoms. The van der Waals surface area contributed by atoms with Gasteiger partial charge in [-0.2, -0.15) is 0 Å². The Morgan fingerprint density at radius 3 is 2.62 bits per heavy atom. The average Bonchev–Trinajstić information content (AvgIpc) is 2.66. The first-order chi connectivity index (χ1) is 12.7. The van der Waals surface area contributed by atoms with E-state index in [4.69, 9.17) is 4.74 Å². The van der Waals surface area contributed by atoms with Gasteiger partial charge in [0.2, 0.25) is 0 Å². The fraction of sp³-hybridized carbons (Fsp3) is 0.429. The molecule has 1 aromatic heterocycles. The molecule has 5 nitrogen and oxygen atoms in total. The summed E-state index contributed by atoms with van der Waals surface area (Å²) in [5, 5.41) is 6.03. The highest BCUT2D eigenvalue weighted by Crippen LogP contribution is 2.25. The number of benzene rings is 1. The first-order valence-corrected chi connectivity index (χ1v) is 9.37. The minimum Gasteiger partial charge on any atom is -0.489 e. The third kappa shape index (κ3) is 5.48. The van der Waals surface area contributed by atoms with Crippen LogP contribution in [0.15, 0.2) is 48.7 Å². The van der Waals surface area contributed by atoms with E-state index in [1.165, 1.54) is 5.56 Å². The van der Waals surface area contributed by atoms with Crippen LogP contribution in [0.2, 0.25) is 0 Å². The maximum Gasteiger partial charge on any atom is 0.315 e. The van der Waals surface area contributed by atoms with Crippen LogP contribution in [0.4, 0.5) is 4.79 Å². The number of nitrogens with zero attached hydrogens (tertiary/aromatic N) is 1. The molecule has 1 heterocycles. The van der Waals surface area contributed by atoms with Crippen molar-refractivity contribution in [2.45, 2.75) is 51.2 Å². The zero-order valence-corrected chi connectivity index (χ0v) is 15.3. The topological polar surface area (TPSA) is 63.2 Å². The number of pyridine rings is 1. The van der Waals surface area contributed by atoms with Crippen molar-refractivity contribution in [2.75, 3.05) is 6.54 Å². The molecule has 2 aromatic rings. The van der Waals surface area contributed by atoms with Crippen LogP contribution in [-0.4, -0.2) is 29.7 Å². The summed E-state index contributed by atoms with van der Waals surface area (Å²) < 4.78 is 6.06. The number of rotatable bonds is 6. The molecule has 1 aliphatic rings. The number of amides is 2. The molecule has 2 amide bonds. The van der Waals surface area contributed by atoms with Crippen LogP contribution >= 0.6 is 0 Å². The molecule has 26 heavy (non-hydrogen) atoms. The number of ether oxygens (including phenoxy) is 1. The van der Waals surface area contributed by atoms with Crippen molar-refractivity contribution in [3.8, 4) is 5.75 Å². The first-order valence-electron chi connectivity index (χ1n) is 9.37. The van der Waals surface area contributed by atoms with E-state index in [-0.39, 0.29) is 18.2 Å². The van der Waals surface area contributed by atoms with E-state index in [1.807, 2.05) is 37.3 Å². The van der Waals surface area contributed by atoms with E-state index in [0.717, 1.165) is 43.5 Å². The lowest BCUT2D eigenvalue weighted by Gasteiger charge is -2.29. The monoisotopic (exact) mass is 353 g/mol. The highest BCUT2D eigenvalue weighted by atomic mass is 16.5. The summed E-state index contributed by atoms with van der Waals surface area (Å²) in [6.07, 6.45) is 6.61. The maximum absolute atomic E-state index is 12.1. The van der Waals surface area contributed by atoms with Gasteiger partial charge >= 0.3 is 6.03 Å². The van der Waals surface area contributed by atoms with Crippen molar-refractivity contribution in [3.63, 3.8) is 0 Å². The zero-order valence-electron chi connectivity index (χ0n) is 15.3. The zero-order chi connectivity index (χ0) is 18.2. The average molecular weight is 353 g/mol. The Balaban J connectivity index is 1.34. The van der Waals surface area contributed by atoms with Gasteiger partial charge in [0.25, 0.3) is 0 Å². The molecule has 0 atom stereocenters. The highest BCUT2D eigenvalue weighted by molar-refractivity contribution is 5.74. The van der Waals surface area contributed by atoms with Crippen molar-refractivity contribution < 1.29 is 9.53 Å². The predicted octanol–water partition coefficient (Wildman–Crippen LogP) is 3.62. The van der Waals surface area contributed by atoms with Crippen LogP contribution < -0.4 is 15.4 Å². The summed E-state index contributed by atoms with van der Waals surface area (Å²) in [5.74, 6) is 0.863. The Morgan fingerprint density at radius 1 is 1.12 bits per heavy atom. The maximum atomic E-state index is 12.1. The normalized spacial score (nSPS) is 19.6. The summed E-state index contributed by atoms with van der Waals surface area (Å²) in [7, 11) is 0. The lowest BCUT2D eigenvalue weighted by Crippen LogP contribution is -2.45. The second-order valence-electron chi connectivity index (χ2n) is 6.81. The second kappa shape index (κ2) is 9.22. The number of hydrogen-bond acceptors (Lipinski definition) is 3. The number of hydrogen-bond donors (Lipinski definition) is 2. The quantitative estimate of drug-likeness (QED) is 0.834. The summed E-state index contributed by atoms with van der Waals surface area (Å²) in [6, 6.07) is 14.2. The molecule has 0 radical (unpaired) electrons. The van der Waals surface area contributed by atoms with Crippen LogP contribution in [-0.2, 0) is 6.42 Å². The van der Waals surface area contributed by atoms with Crippen molar-refractivity contribution >= 4 is 6.03 Å². The Morgan fingerprint density at radius 2 is 1.88 bits per heavy atom. The van der Waals surface area contributed by atoms with E-state index in [9.17, 15) is 4.79 Å². The molecule has 3 rings (SSSR count). The van der Waals surface area contributed by atoms with Gasteiger partial charge in [-0.15, -0.1) is 0 Å². The van der Waals surface area contributed by atoms with Gasteiger partial charge < -0.3 is 15.4 Å². The van der Waals surface area contributed by atoms with Crippen molar-refractivity contribution in [1.29, 1.82) is 0 Å². The van der Waals surface area contributed by atoms with E-state index < -0.39 is 0 Å². The summed E-state index contributed by atoms with van der Waals surface area (Å²) >= 11 is 0. The van der Waals surface area contributed by atoms with Crippen LogP contribution in [0.25, 0.3) is 0 Å². The molecule has 1 saturated carbocycles. The lowest BCUT2D eigenvalue weighted by molar-refractivity contribution is 0.139. The minimum absolute atomic E-state index is 0.0756. The molecule has 0 unspecified atom stereocenters. The molecule has 0 saturated heterocycles. The molecule has 5 heteroatoms. The third-order valence-corrected chi connectivity index (χ3v) is 4.80. The van der Waals surface area contributed by atoms with Crippen molar-refractivity contribution in [2.24, 2.45) is 0 Å². The number of carbonyl (C=O) groups is 1. The van der Waals surface area contributed by atoms with E-state index in [2.05, 4.69) is 27.8 Å². The van der Waals surface area contributed by atoms with Crippen LogP contribution in [0.1, 0.15) is 36.9 Å². The number of aromatic nitrogens is 1. The number of aryl methyl sites for hydroxylation is 1. The van der Waals surface area contributed by atoms with Crippen molar-refractivity contribution in [1.82, 2.24) is 15.6 Å². The number of urea groups is 1. The molecule has 138 valence electrons. The molecule has 1 aromatic carbocycles. The van der Waals surface area contributed by atoms with Gasteiger partial charge in [0.05, 0.1) is 11.8 Å². The summed E-state index contributed by atoms with van der Waals surface area (Å²) in [6.45, 7) is 2.61. The fourth-order valence-corrected chi connectivity index (χ4v) is 3.30. The minimum atomic E-state index is -0.0756. The highest BCUT2D eigenvalue weighted by Gasteiger charge is 2.24. The van der Waals surface area contributed by atoms with Gasteiger partial charge in [0, 0.05) is 18.8 Å². The third-order valence-electron chi connectivity index (χ3n) is 4.80. The molecule has 0 bridgehead atoms. The fourth-order valence-electron chi connectivity index (χ4n) is 3.30. The van der Waals surface area contributed by atoms with Gasteiger partial charge in [0.1, 0.15) is 5.75 Å². The standard InChI is InChI=1S/C21H27N3O2/c1-16-20(8-5-14-22-16)26-19-11-9-18(10-12-19)24-21(25)23-15-13-17-6-3-2-4-7-17/h2-8,14,18-19H,9-13,15H2,1H3,(H2,23,24,25). The van der Waals surface area contributed by atoms with Gasteiger partial charge in [-0.1, -0.05) is 30.3 Å². The van der Waals surface area contributed by atoms with Gasteiger partial charge in [-0.25, -0.2) is 4.79 Å². The lowest BCUT2D eigenvalue weighted by atomic mass is 9.93. The van der Waals surface area contributed by atoms with Gasteiger partial charge in [-0.05, 0) is 56.7 Å². The number of nitrogens with one attached hydrogen (secondary N) is 2. The Hall–Kier alpha value is -2.56. The van der Waals surface area contributed by atoms with Gasteiger partial charge in [0.15, 0.2) is 0 Å². The molecule has 0 aliphatic heterocycles. The smallest absolute Gasteiger partial charge is 0.315 e. The Kier molecular flexibility index (Phi) is 6.47. The van der Waals surface area contributed by atoms with Crippen LogP contribution in [0.3, 0.4) is 0 Å². The van der Waals surface area contributed by atoms with Crippen molar-refractivity contribution in [3.05, 3.63) is 59.9 Å². The van der Waals surface area contributed by atoms with E-state index >= 15 is 0 Å². The predicted molar refractivity (Wildman–Crippen MR) is 102 cm³/mol. The van der Waals surface area contributed by atoms with E-state index in [0.29, 0.717) is 6.54 Å². The summed E-state index contributed by atoms with van der Waals surface area (Å²) in [4.78, 5) is 16.3. The van der Waals surface area contributed by atoms with E-state index in [1.54, 1.807) is 6.20 Å². The molecule has 1 aliphatic carbocycles. The Labute approximate surface area is 155 Å². The molecular formula is C21H27N3O2. The Bertz CT molecular complexity index is 697. The second-order valence-corrected chi connectivity index (χ2v) is 6.81. The number of carbonyl (C=O) groups excluding carboxylic acids is 1. The molecular weight excluding hydrogens is 326 g/mol. The largest absolute Gasteiger partial charge is 0.489 e. The summed E-state index contributed by atoms with van der Waals surface area (Å²) in [5.41, 5.74) is 2.15. The SMILES string of the molecule is Cc1ncccc1OC1CCC(NC(=O)NCCc2ccccc2)CC1. The molecule has 1 fully saturated rings. The van der Waals surface area contributed by atoms with Crippen LogP contribution in [0, 0.1) is 6.92 Å². The molecule has 2 N–H and O–H groups in total. The van der Waals surface area contributed by atoms with Gasteiger partial charge in [-0.3, -0.25) is 4.98 Å². The first kappa shape index (κ1) is 18.2.